The van der Waals surface area contributed by atoms with E-state index in [0.717, 1.165) is 4.57 Å². The van der Waals surface area contributed by atoms with Crippen LogP contribution in [0.5, 0.6) is 11.6 Å². The number of nitrogens with zero attached hydrogens (tertiary/aromatic N) is 3. The molecule has 0 bridgehead atoms. The Balaban J connectivity index is 1.64. The quantitative estimate of drug-likeness (QED) is 0.298. The molecule has 0 amide bonds. The van der Waals surface area contributed by atoms with Crippen LogP contribution in [0.4, 0.5) is 11.5 Å². The van der Waals surface area contributed by atoms with Crippen molar-refractivity contribution in [1.29, 1.82) is 0 Å². The fraction of sp³-hybridized carbons (Fsp3) is 0.0357. The number of sulfonamides is 1. The SMILES string of the molecule is COc1ccccc1NS(=O)(=O)c1cccc(-n2c(O)c(/C=N/c3ccccn3)c3ccccc3c2=O)c1. The summed E-state index contributed by atoms with van der Waals surface area (Å²) >= 11 is 0. The van der Waals surface area contributed by atoms with E-state index in [1.807, 2.05) is 0 Å². The van der Waals surface area contributed by atoms with Crippen LogP contribution in [0.15, 0.2) is 112 Å². The van der Waals surface area contributed by atoms with Crippen molar-refractivity contribution in [1.82, 2.24) is 9.55 Å². The monoisotopic (exact) mass is 526 g/mol. The second-order valence-electron chi connectivity index (χ2n) is 8.17. The summed E-state index contributed by atoms with van der Waals surface area (Å²) in [5, 5.41) is 12.1. The Kier molecular flexibility index (Phi) is 6.63. The Bertz CT molecular complexity index is 1830. The minimum atomic E-state index is -4.06. The fourth-order valence-electron chi connectivity index (χ4n) is 4.01. The molecule has 2 heterocycles. The van der Waals surface area contributed by atoms with E-state index in [0.29, 0.717) is 22.3 Å². The smallest absolute Gasteiger partial charge is 0.265 e. The Morgan fingerprint density at radius 1 is 0.947 bits per heavy atom. The van der Waals surface area contributed by atoms with Crippen LogP contribution in [0.2, 0.25) is 0 Å². The lowest BCUT2D eigenvalue weighted by Crippen LogP contribution is -2.21. The van der Waals surface area contributed by atoms with Gasteiger partial charge in [0, 0.05) is 23.2 Å². The number of para-hydroxylation sites is 2. The van der Waals surface area contributed by atoms with E-state index < -0.39 is 15.6 Å². The van der Waals surface area contributed by atoms with Crippen LogP contribution in [0.1, 0.15) is 5.56 Å². The highest BCUT2D eigenvalue weighted by Crippen LogP contribution is 2.29. The first kappa shape index (κ1) is 24.7. The topological polar surface area (TPSA) is 123 Å². The predicted molar refractivity (Wildman–Crippen MR) is 147 cm³/mol. The van der Waals surface area contributed by atoms with Gasteiger partial charge in [-0.1, -0.05) is 42.5 Å². The van der Waals surface area contributed by atoms with Crippen molar-refractivity contribution < 1.29 is 18.3 Å². The van der Waals surface area contributed by atoms with Crippen molar-refractivity contribution in [3.05, 3.63) is 113 Å². The minimum Gasteiger partial charge on any atom is -0.495 e. The van der Waals surface area contributed by atoms with Crippen LogP contribution in [0.25, 0.3) is 16.5 Å². The molecule has 9 nitrogen and oxygen atoms in total. The normalized spacial score (nSPS) is 11.6. The molecule has 5 rings (SSSR count). The zero-order chi connectivity index (χ0) is 26.7. The number of aliphatic imine (C=N–C) groups is 1. The highest BCUT2D eigenvalue weighted by molar-refractivity contribution is 7.92. The maximum Gasteiger partial charge on any atom is 0.265 e. The van der Waals surface area contributed by atoms with E-state index in [1.165, 1.54) is 37.6 Å². The summed E-state index contributed by atoms with van der Waals surface area (Å²) in [5.41, 5.74) is 0.194. The average molecular weight is 527 g/mol. The Morgan fingerprint density at radius 3 is 2.45 bits per heavy atom. The van der Waals surface area contributed by atoms with Crippen LogP contribution in [0.3, 0.4) is 0 Å². The standard InChI is InChI=1S/C28H22N4O5S/c1-37-25-14-5-4-13-24(25)31-38(35,36)20-10-8-9-19(17-20)32-27(33)22-12-3-2-11-21(22)23(28(32)34)18-30-26-15-6-7-16-29-26/h2-18,31,34H,1H3/b30-18+. The molecular weight excluding hydrogens is 504 g/mol. The number of pyridine rings is 2. The summed E-state index contributed by atoms with van der Waals surface area (Å²) in [6, 6.07) is 24.4. The van der Waals surface area contributed by atoms with Crippen LogP contribution in [-0.2, 0) is 10.0 Å². The van der Waals surface area contributed by atoms with Gasteiger partial charge in [0.2, 0.25) is 5.88 Å². The van der Waals surface area contributed by atoms with Crippen molar-refractivity contribution in [2.45, 2.75) is 4.90 Å². The van der Waals surface area contributed by atoms with E-state index >= 15 is 0 Å². The first-order chi connectivity index (χ1) is 18.4. The third-order valence-corrected chi connectivity index (χ3v) is 7.18. The molecule has 5 aromatic rings. The van der Waals surface area contributed by atoms with E-state index in [2.05, 4.69) is 14.7 Å². The highest BCUT2D eigenvalue weighted by Gasteiger charge is 2.20. The Hall–Kier alpha value is -4.96. The zero-order valence-corrected chi connectivity index (χ0v) is 21.0. The van der Waals surface area contributed by atoms with E-state index in [1.54, 1.807) is 72.9 Å². The maximum atomic E-state index is 13.5. The van der Waals surface area contributed by atoms with Gasteiger partial charge in [-0.3, -0.25) is 9.52 Å². The number of hydrogen-bond acceptors (Lipinski definition) is 7. The third-order valence-electron chi connectivity index (χ3n) is 5.82. The molecule has 0 aliphatic carbocycles. The Labute approximate surface area is 218 Å². The lowest BCUT2D eigenvalue weighted by Gasteiger charge is -2.15. The molecule has 0 saturated heterocycles. The molecule has 10 heteroatoms. The average Bonchev–Trinajstić information content (AvgIpc) is 2.94. The number of rotatable bonds is 7. The molecule has 0 unspecified atom stereocenters. The number of anilines is 1. The number of ether oxygens (including phenoxy) is 1. The van der Waals surface area contributed by atoms with Crippen molar-refractivity contribution in [2.24, 2.45) is 4.99 Å². The summed E-state index contributed by atoms with van der Waals surface area (Å²) in [5.74, 6) is 0.386. The number of hydrogen-bond donors (Lipinski definition) is 2. The third kappa shape index (κ3) is 4.72. The van der Waals surface area contributed by atoms with Gasteiger partial charge in [-0.2, -0.15) is 0 Å². The number of benzene rings is 3. The summed E-state index contributed by atoms with van der Waals surface area (Å²) < 4.78 is 35.2. The van der Waals surface area contributed by atoms with Crippen molar-refractivity contribution in [3.8, 4) is 17.3 Å². The molecule has 0 saturated carbocycles. The van der Waals surface area contributed by atoms with Crippen LogP contribution < -0.4 is 15.0 Å². The molecule has 0 aliphatic heterocycles. The van der Waals surface area contributed by atoms with Crippen LogP contribution in [-0.4, -0.2) is 36.4 Å². The van der Waals surface area contributed by atoms with Crippen molar-refractivity contribution in [3.63, 3.8) is 0 Å². The van der Waals surface area contributed by atoms with E-state index in [9.17, 15) is 18.3 Å². The summed E-state index contributed by atoms with van der Waals surface area (Å²) in [4.78, 5) is 21.9. The van der Waals surface area contributed by atoms with Gasteiger partial charge in [0.15, 0.2) is 5.82 Å². The summed E-state index contributed by atoms with van der Waals surface area (Å²) in [6.45, 7) is 0. The van der Waals surface area contributed by atoms with Gasteiger partial charge in [0.05, 0.1) is 28.9 Å². The van der Waals surface area contributed by atoms with Crippen LogP contribution >= 0.6 is 0 Å². The van der Waals surface area contributed by atoms with Gasteiger partial charge in [0.25, 0.3) is 15.6 Å². The second kappa shape index (κ2) is 10.2. The lowest BCUT2D eigenvalue weighted by atomic mass is 10.1. The highest BCUT2D eigenvalue weighted by atomic mass is 32.2. The minimum absolute atomic E-state index is 0.107. The molecule has 0 aliphatic rings. The molecular formula is C28H22N4O5S. The van der Waals surface area contributed by atoms with Gasteiger partial charge in [0.1, 0.15) is 5.75 Å². The van der Waals surface area contributed by atoms with Crippen molar-refractivity contribution in [2.75, 3.05) is 11.8 Å². The number of methoxy groups -OCH3 is 1. The van der Waals surface area contributed by atoms with Crippen molar-refractivity contribution >= 4 is 38.5 Å². The second-order valence-corrected chi connectivity index (χ2v) is 9.86. The van der Waals surface area contributed by atoms with Crippen LogP contribution in [0, 0.1) is 0 Å². The van der Waals surface area contributed by atoms with E-state index in [4.69, 9.17) is 4.74 Å². The zero-order valence-electron chi connectivity index (χ0n) is 20.1. The van der Waals surface area contributed by atoms with Gasteiger partial charge in [-0.15, -0.1) is 0 Å². The number of nitrogens with one attached hydrogen (secondary N) is 1. The molecule has 2 N–H and O–H groups in total. The Morgan fingerprint density at radius 2 is 1.68 bits per heavy atom. The van der Waals surface area contributed by atoms with Gasteiger partial charge < -0.3 is 9.84 Å². The molecule has 0 fully saturated rings. The molecule has 0 spiro atoms. The molecule has 38 heavy (non-hydrogen) atoms. The number of aromatic nitrogens is 2. The molecule has 2 aromatic heterocycles. The first-order valence-electron chi connectivity index (χ1n) is 11.5. The summed E-state index contributed by atoms with van der Waals surface area (Å²) in [7, 11) is -2.62. The fourth-order valence-corrected chi connectivity index (χ4v) is 5.12. The molecule has 0 atom stereocenters. The lowest BCUT2D eigenvalue weighted by molar-refractivity contribution is 0.417. The predicted octanol–water partition coefficient (Wildman–Crippen LogP) is 4.65. The summed E-state index contributed by atoms with van der Waals surface area (Å²) in [6.07, 6.45) is 3.02. The molecule has 0 radical (unpaired) electrons. The number of fused-ring (bicyclic) bond motifs is 1. The maximum absolute atomic E-state index is 13.5. The molecule has 3 aromatic carbocycles. The largest absolute Gasteiger partial charge is 0.495 e. The van der Waals surface area contributed by atoms with Gasteiger partial charge >= 0.3 is 0 Å². The van der Waals surface area contributed by atoms with Gasteiger partial charge in [-0.25, -0.2) is 23.0 Å². The van der Waals surface area contributed by atoms with Gasteiger partial charge in [-0.05, 0) is 48.5 Å². The molecule has 190 valence electrons. The number of aromatic hydroxyl groups is 1. The first-order valence-corrected chi connectivity index (χ1v) is 13.0. The van der Waals surface area contributed by atoms with E-state index in [-0.39, 0.29) is 27.7 Å².